The molecule has 25 heavy (non-hydrogen) atoms. The molecule has 1 fully saturated rings. The molecular weight excluding hydrogens is 344 g/mol. The summed E-state index contributed by atoms with van der Waals surface area (Å²) >= 11 is 0. The summed E-state index contributed by atoms with van der Waals surface area (Å²) in [6.07, 6.45) is 2.70. The number of aliphatic carboxylic acids is 1. The number of benzene rings is 1. The van der Waals surface area contributed by atoms with Gasteiger partial charge in [-0.1, -0.05) is 19.9 Å². The molecule has 0 saturated heterocycles. The number of rotatable bonds is 4. The Bertz CT molecular complexity index is 847. The minimum absolute atomic E-state index is 0.348. The number of fused-ring (bicyclic) bond motifs is 1. The van der Waals surface area contributed by atoms with Crippen molar-refractivity contribution in [2.24, 2.45) is 17.3 Å². The van der Waals surface area contributed by atoms with Gasteiger partial charge in [0.2, 0.25) is 15.9 Å². The zero-order valence-corrected chi connectivity index (χ0v) is 15.3. The first-order chi connectivity index (χ1) is 11.5. The number of hydrogen-bond acceptors (Lipinski definition) is 4. The first-order valence-corrected chi connectivity index (χ1v) is 10.0. The maximum Gasteiger partial charge on any atom is 0.307 e. The minimum atomic E-state index is -3.38. The Morgan fingerprint density at radius 3 is 2.52 bits per heavy atom. The number of carboxylic acids is 1. The van der Waals surface area contributed by atoms with Crippen LogP contribution in [-0.2, 0) is 26.0 Å². The van der Waals surface area contributed by atoms with Crippen molar-refractivity contribution in [1.29, 1.82) is 0 Å². The van der Waals surface area contributed by atoms with E-state index in [2.05, 4.69) is 5.32 Å². The van der Waals surface area contributed by atoms with Gasteiger partial charge >= 0.3 is 5.97 Å². The predicted octanol–water partition coefficient (Wildman–Crippen LogP) is 1.69. The summed E-state index contributed by atoms with van der Waals surface area (Å²) in [4.78, 5) is 23.7. The van der Waals surface area contributed by atoms with Gasteiger partial charge in [0.15, 0.2) is 0 Å². The van der Waals surface area contributed by atoms with E-state index in [-0.39, 0.29) is 5.91 Å². The fraction of sp³-hybridized carbons (Fsp3) is 0.529. The summed E-state index contributed by atoms with van der Waals surface area (Å²) in [5, 5.41) is 11.9. The minimum Gasteiger partial charge on any atom is -0.481 e. The Balaban J connectivity index is 1.84. The number of sulfonamides is 1. The van der Waals surface area contributed by atoms with Crippen molar-refractivity contribution >= 4 is 33.3 Å². The first-order valence-electron chi connectivity index (χ1n) is 8.18. The zero-order chi connectivity index (χ0) is 18.6. The van der Waals surface area contributed by atoms with Crippen LogP contribution in [0, 0.1) is 17.3 Å². The summed E-state index contributed by atoms with van der Waals surface area (Å²) in [6, 6.07) is 5.20. The smallest absolute Gasteiger partial charge is 0.307 e. The number of anilines is 2. The van der Waals surface area contributed by atoms with Crippen molar-refractivity contribution in [2.75, 3.05) is 22.4 Å². The van der Waals surface area contributed by atoms with Gasteiger partial charge in [-0.15, -0.1) is 0 Å². The molecule has 1 aliphatic heterocycles. The molecule has 1 heterocycles. The van der Waals surface area contributed by atoms with E-state index >= 15 is 0 Å². The largest absolute Gasteiger partial charge is 0.481 e. The Labute approximate surface area is 147 Å². The van der Waals surface area contributed by atoms with Crippen LogP contribution in [-0.4, -0.2) is 38.2 Å². The number of carboxylic acid groups (broad SMARTS) is 1. The van der Waals surface area contributed by atoms with E-state index in [0.717, 1.165) is 24.7 Å². The lowest BCUT2D eigenvalue weighted by molar-refractivity contribution is -0.140. The maximum atomic E-state index is 12.4. The van der Waals surface area contributed by atoms with Gasteiger partial charge in [-0.3, -0.25) is 13.9 Å². The van der Waals surface area contributed by atoms with Gasteiger partial charge in [-0.05, 0) is 36.0 Å². The highest BCUT2D eigenvalue weighted by molar-refractivity contribution is 7.92. The van der Waals surface area contributed by atoms with Gasteiger partial charge < -0.3 is 10.4 Å². The van der Waals surface area contributed by atoms with Crippen LogP contribution in [0.3, 0.4) is 0 Å². The quantitative estimate of drug-likeness (QED) is 0.844. The molecule has 0 bridgehead atoms. The summed E-state index contributed by atoms with van der Waals surface area (Å²) in [5.74, 6) is -2.61. The summed E-state index contributed by atoms with van der Waals surface area (Å²) in [6.45, 7) is 3.93. The monoisotopic (exact) mass is 366 g/mol. The van der Waals surface area contributed by atoms with E-state index in [4.69, 9.17) is 0 Å². The lowest BCUT2D eigenvalue weighted by Crippen LogP contribution is -2.34. The van der Waals surface area contributed by atoms with E-state index in [0.29, 0.717) is 17.9 Å². The van der Waals surface area contributed by atoms with E-state index in [1.165, 1.54) is 4.31 Å². The molecule has 2 atom stereocenters. The first kappa shape index (κ1) is 17.7. The fourth-order valence-electron chi connectivity index (χ4n) is 3.77. The Kier molecular flexibility index (Phi) is 4.06. The summed E-state index contributed by atoms with van der Waals surface area (Å²) in [7, 11) is -3.38. The van der Waals surface area contributed by atoms with Gasteiger partial charge in [0.1, 0.15) is 0 Å². The van der Waals surface area contributed by atoms with Crippen LogP contribution < -0.4 is 9.62 Å². The van der Waals surface area contributed by atoms with Crippen molar-refractivity contribution < 1.29 is 23.1 Å². The summed E-state index contributed by atoms with van der Waals surface area (Å²) in [5.41, 5.74) is 1.40. The van der Waals surface area contributed by atoms with Gasteiger partial charge in [0.25, 0.3) is 0 Å². The van der Waals surface area contributed by atoms with Crippen molar-refractivity contribution in [1.82, 2.24) is 0 Å². The molecule has 1 amide bonds. The third kappa shape index (κ3) is 3.10. The number of amides is 1. The number of hydrogen-bond donors (Lipinski definition) is 2. The number of carbonyl (C=O) groups excluding carboxylic acids is 1. The Morgan fingerprint density at radius 2 is 1.96 bits per heavy atom. The van der Waals surface area contributed by atoms with Crippen LogP contribution in [0.5, 0.6) is 0 Å². The standard InChI is InChI=1S/C17H22N2O5S/c1-17(2)13(14(17)16(21)22)15(20)18-11-7-6-10-5-4-8-19(12(10)9-11)25(3,23)24/h6-7,9,13-14H,4-5,8H2,1-3H3,(H,18,20)(H,21,22)/t13-,14+/m1/s1. The van der Waals surface area contributed by atoms with Crippen LogP contribution in [0.2, 0.25) is 0 Å². The second-order valence-corrected chi connectivity index (χ2v) is 9.29. The lowest BCUT2D eigenvalue weighted by Gasteiger charge is -2.29. The molecular formula is C17H22N2O5S. The third-order valence-corrected chi connectivity index (χ3v) is 6.38. The number of carbonyl (C=O) groups is 2. The van der Waals surface area contributed by atoms with Gasteiger partial charge in [-0.25, -0.2) is 8.42 Å². The summed E-state index contributed by atoms with van der Waals surface area (Å²) < 4.78 is 25.3. The predicted molar refractivity (Wildman–Crippen MR) is 94.0 cm³/mol. The molecule has 1 aromatic rings. The van der Waals surface area contributed by atoms with Crippen LogP contribution in [0.1, 0.15) is 25.8 Å². The van der Waals surface area contributed by atoms with Gasteiger partial charge in [0, 0.05) is 12.2 Å². The van der Waals surface area contributed by atoms with Crippen molar-refractivity contribution in [3.05, 3.63) is 23.8 Å². The second kappa shape index (κ2) is 5.72. The topological polar surface area (TPSA) is 104 Å². The molecule has 1 saturated carbocycles. The molecule has 0 aromatic heterocycles. The van der Waals surface area contributed by atoms with E-state index < -0.39 is 33.2 Å². The van der Waals surface area contributed by atoms with Crippen molar-refractivity contribution in [3.8, 4) is 0 Å². The number of aryl methyl sites for hydroxylation is 1. The van der Waals surface area contributed by atoms with Crippen molar-refractivity contribution in [2.45, 2.75) is 26.7 Å². The molecule has 8 heteroatoms. The van der Waals surface area contributed by atoms with E-state index in [1.807, 2.05) is 6.07 Å². The van der Waals surface area contributed by atoms with Crippen LogP contribution in [0.15, 0.2) is 18.2 Å². The average molecular weight is 366 g/mol. The van der Waals surface area contributed by atoms with Crippen LogP contribution >= 0.6 is 0 Å². The van der Waals surface area contributed by atoms with E-state index in [1.54, 1.807) is 26.0 Å². The van der Waals surface area contributed by atoms with Crippen molar-refractivity contribution in [3.63, 3.8) is 0 Å². The molecule has 3 rings (SSSR count). The zero-order valence-electron chi connectivity index (χ0n) is 14.4. The molecule has 136 valence electrons. The lowest BCUT2D eigenvalue weighted by atomic mass is 10.0. The average Bonchev–Trinajstić information content (AvgIpc) is 3.08. The number of nitrogens with one attached hydrogen (secondary N) is 1. The third-order valence-electron chi connectivity index (χ3n) is 5.21. The highest BCUT2D eigenvalue weighted by Crippen LogP contribution is 2.58. The molecule has 2 N–H and O–H groups in total. The SMILES string of the molecule is CC1(C)[C@H](C(=O)O)[C@@H]1C(=O)Nc1ccc2c(c1)N(S(C)(=O)=O)CCC2. The fourth-order valence-corrected chi connectivity index (χ4v) is 4.76. The van der Waals surface area contributed by atoms with Gasteiger partial charge in [-0.2, -0.15) is 0 Å². The molecule has 0 unspecified atom stereocenters. The highest BCUT2D eigenvalue weighted by atomic mass is 32.2. The van der Waals surface area contributed by atoms with Crippen LogP contribution in [0.25, 0.3) is 0 Å². The molecule has 0 spiro atoms. The maximum absolute atomic E-state index is 12.4. The highest BCUT2D eigenvalue weighted by Gasteiger charge is 2.65. The molecule has 1 aliphatic carbocycles. The molecule has 0 radical (unpaired) electrons. The number of nitrogens with zero attached hydrogens (tertiary/aromatic N) is 1. The normalized spacial score (nSPS) is 24.4. The Morgan fingerprint density at radius 1 is 1.28 bits per heavy atom. The molecule has 7 nitrogen and oxygen atoms in total. The Hall–Kier alpha value is -2.09. The molecule has 1 aromatic carbocycles. The second-order valence-electron chi connectivity index (χ2n) is 7.39. The molecule has 2 aliphatic rings. The van der Waals surface area contributed by atoms with Gasteiger partial charge in [0.05, 0.1) is 23.8 Å². The van der Waals surface area contributed by atoms with E-state index in [9.17, 15) is 23.1 Å². The van der Waals surface area contributed by atoms with Crippen LogP contribution in [0.4, 0.5) is 11.4 Å².